The molecule has 2 aromatic carbocycles. The van der Waals surface area contributed by atoms with E-state index in [2.05, 4.69) is 15.9 Å². The minimum Gasteiger partial charge on any atom is -0.394 e. The molecule has 2 rings (SSSR count). The highest BCUT2D eigenvalue weighted by molar-refractivity contribution is 9.10. The van der Waals surface area contributed by atoms with Gasteiger partial charge in [-0.05, 0) is 22.4 Å². The summed E-state index contributed by atoms with van der Waals surface area (Å²) in [5, 5.41) is 20.2. The maximum atomic E-state index is 9.21. The van der Waals surface area contributed by atoms with Gasteiger partial charge in [0.15, 0.2) is 0 Å². The number of aliphatic hydroxyl groups is 2. The summed E-state index contributed by atoms with van der Waals surface area (Å²) in [5.74, 6) is 0. The van der Waals surface area contributed by atoms with E-state index < -0.39 is 6.10 Å². The van der Waals surface area contributed by atoms with Gasteiger partial charge >= 0.3 is 0 Å². The number of rotatable bonds is 5. The highest BCUT2D eigenvalue weighted by atomic mass is 79.9. The minimum absolute atomic E-state index is 0.140. The fourth-order valence-corrected chi connectivity index (χ4v) is 2.29. The number of hydrogen-bond acceptors (Lipinski definition) is 3. The van der Waals surface area contributed by atoms with E-state index in [1.54, 1.807) is 0 Å². The zero-order chi connectivity index (χ0) is 13.0. The Morgan fingerprint density at radius 1 is 1.11 bits per heavy atom. The molecule has 0 aliphatic carbocycles. The molecule has 0 radical (unpaired) electrons. The van der Waals surface area contributed by atoms with Crippen molar-refractivity contribution in [2.75, 3.05) is 13.2 Å². The average Bonchev–Trinajstić information content (AvgIpc) is 2.41. The second-order valence-corrected chi connectivity index (χ2v) is 4.96. The van der Waals surface area contributed by atoms with Crippen LogP contribution in [-0.2, 0) is 11.3 Å². The number of ether oxygens (including phenoxy) is 1. The van der Waals surface area contributed by atoms with E-state index in [9.17, 15) is 5.11 Å². The summed E-state index contributed by atoms with van der Waals surface area (Å²) in [4.78, 5) is 0. The minimum atomic E-state index is -0.813. The molecule has 3 nitrogen and oxygen atoms in total. The van der Waals surface area contributed by atoms with Crippen LogP contribution in [-0.4, -0.2) is 29.5 Å². The molecule has 4 heteroatoms. The SMILES string of the molecule is OC[C@@H](O)COCc1ccc(Br)c2ccccc12. The summed E-state index contributed by atoms with van der Waals surface area (Å²) >= 11 is 3.52. The van der Waals surface area contributed by atoms with Crippen molar-refractivity contribution in [2.45, 2.75) is 12.7 Å². The van der Waals surface area contributed by atoms with E-state index in [0.29, 0.717) is 6.61 Å². The largest absolute Gasteiger partial charge is 0.394 e. The molecule has 1 atom stereocenters. The van der Waals surface area contributed by atoms with Gasteiger partial charge in [-0.1, -0.05) is 46.3 Å². The van der Waals surface area contributed by atoms with Crippen LogP contribution in [0.1, 0.15) is 5.56 Å². The second kappa shape index (κ2) is 6.29. The van der Waals surface area contributed by atoms with Gasteiger partial charge in [0.1, 0.15) is 6.10 Å². The highest BCUT2D eigenvalue weighted by Crippen LogP contribution is 2.27. The molecule has 0 amide bonds. The smallest absolute Gasteiger partial charge is 0.100 e. The number of hydrogen-bond donors (Lipinski definition) is 2. The van der Waals surface area contributed by atoms with Crippen LogP contribution in [0.2, 0.25) is 0 Å². The maximum absolute atomic E-state index is 9.21. The molecule has 2 N–H and O–H groups in total. The Hall–Kier alpha value is -0.940. The third kappa shape index (κ3) is 3.09. The van der Waals surface area contributed by atoms with Gasteiger partial charge in [0.2, 0.25) is 0 Å². The molecule has 0 aliphatic heterocycles. The van der Waals surface area contributed by atoms with Gasteiger partial charge in [-0.2, -0.15) is 0 Å². The van der Waals surface area contributed by atoms with E-state index >= 15 is 0 Å². The topological polar surface area (TPSA) is 49.7 Å². The normalized spacial score (nSPS) is 12.8. The van der Waals surface area contributed by atoms with E-state index in [1.807, 2.05) is 36.4 Å². The van der Waals surface area contributed by atoms with Gasteiger partial charge in [-0.15, -0.1) is 0 Å². The zero-order valence-corrected chi connectivity index (χ0v) is 11.4. The van der Waals surface area contributed by atoms with Gasteiger partial charge < -0.3 is 14.9 Å². The maximum Gasteiger partial charge on any atom is 0.100 e. The summed E-state index contributed by atoms with van der Waals surface area (Å²) in [6.07, 6.45) is -0.813. The second-order valence-electron chi connectivity index (χ2n) is 4.10. The monoisotopic (exact) mass is 310 g/mol. The summed E-state index contributed by atoms with van der Waals surface area (Å²) < 4.78 is 6.45. The van der Waals surface area contributed by atoms with Gasteiger partial charge in [-0.25, -0.2) is 0 Å². The van der Waals surface area contributed by atoms with Gasteiger partial charge in [0, 0.05) is 4.47 Å². The lowest BCUT2D eigenvalue weighted by Crippen LogP contribution is -2.19. The fourth-order valence-electron chi connectivity index (χ4n) is 1.81. The van der Waals surface area contributed by atoms with Crippen molar-refractivity contribution in [3.8, 4) is 0 Å². The number of benzene rings is 2. The predicted octanol–water partition coefficient (Wildman–Crippen LogP) is 2.47. The van der Waals surface area contributed by atoms with Crippen LogP contribution in [0.5, 0.6) is 0 Å². The zero-order valence-electron chi connectivity index (χ0n) is 9.84. The van der Waals surface area contributed by atoms with Crippen LogP contribution < -0.4 is 0 Å². The van der Waals surface area contributed by atoms with Gasteiger partial charge in [-0.3, -0.25) is 0 Å². The standard InChI is InChI=1S/C14H15BrO3/c15-14-6-5-10(8-18-9-11(17)7-16)12-3-1-2-4-13(12)14/h1-6,11,16-17H,7-9H2/t11-/m1/s1. The van der Waals surface area contributed by atoms with Crippen molar-refractivity contribution >= 4 is 26.7 Å². The Morgan fingerprint density at radius 3 is 2.56 bits per heavy atom. The van der Waals surface area contributed by atoms with Gasteiger partial charge in [0.05, 0.1) is 19.8 Å². The summed E-state index contributed by atoms with van der Waals surface area (Å²) in [5.41, 5.74) is 1.07. The van der Waals surface area contributed by atoms with E-state index in [-0.39, 0.29) is 13.2 Å². The Morgan fingerprint density at radius 2 is 1.83 bits per heavy atom. The molecule has 96 valence electrons. The lowest BCUT2D eigenvalue weighted by atomic mass is 10.1. The number of halogens is 1. The highest BCUT2D eigenvalue weighted by Gasteiger charge is 2.06. The Kier molecular flexibility index (Phi) is 4.72. The first-order valence-electron chi connectivity index (χ1n) is 5.75. The summed E-state index contributed by atoms with van der Waals surface area (Å²) in [6, 6.07) is 12.1. The molecule has 0 aliphatic rings. The number of aliphatic hydroxyl groups excluding tert-OH is 2. The molecular weight excluding hydrogens is 296 g/mol. The lowest BCUT2D eigenvalue weighted by Gasteiger charge is -2.11. The fraction of sp³-hybridized carbons (Fsp3) is 0.286. The van der Waals surface area contributed by atoms with Crippen LogP contribution in [0.15, 0.2) is 40.9 Å². The van der Waals surface area contributed by atoms with Crippen molar-refractivity contribution in [3.63, 3.8) is 0 Å². The Labute approximate surface area is 114 Å². The van der Waals surface area contributed by atoms with Crippen molar-refractivity contribution < 1.29 is 14.9 Å². The van der Waals surface area contributed by atoms with Crippen LogP contribution >= 0.6 is 15.9 Å². The van der Waals surface area contributed by atoms with Crippen LogP contribution in [0.25, 0.3) is 10.8 Å². The third-order valence-corrected chi connectivity index (χ3v) is 3.43. The molecule has 0 heterocycles. The first-order chi connectivity index (χ1) is 8.72. The van der Waals surface area contributed by atoms with Gasteiger partial charge in [0.25, 0.3) is 0 Å². The molecule has 0 unspecified atom stereocenters. The molecule has 0 bridgehead atoms. The lowest BCUT2D eigenvalue weighted by molar-refractivity contribution is 0.000311. The van der Waals surface area contributed by atoms with Crippen LogP contribution in [0.3, 0.4) is 0 Å². The molecule has 18 heavy (non-hydrogen) atoms. The summed E-state index contributed by atoms with van der Waals surface area (Å²) in [7, 11) is 0. The molecule has 2 aromatic rings. The molecule has 0 aromatic heterocycles. The van der Waals surface area contributed by atoms with Crippen molar-refractivity contribution in [1.82, 2.24) is 0 Å². The summed E-state index contributed by atoms with van der Waals surface area (Å²) in [6.45, 7) is 0.285. The Balaban J connectivity index is 2.16. The first-order valence-corrected chi connectivity index (χ1v) is 6.54. The van der Waals surface area contributed by atoms with Crippen LogP contribution in [0, 0.1) is 0 Å². The van der Waals surface area contributed by atoms with Crippen LogP contribution in [0.4, 0.5) is 0 Å². The first kappa shape index (κ1) is 13.5. The van der Waals surface area contributed by atoms with E-state index in [4.69, 9.17) is 9.84 Å². The predicted molar refractivity (Wildman–Crippen MR) is 74.4 cm³/mol. The number of fused-ring (bicyclic) bond motifs is 1. The molecule has 0 spiro atoms. The van der Waals surface area contributed by atoms with Crippen molar-refractivity contribution in [1.29, 1.82) is 0 Å². The third-order valence-electron chi connectivity index (χ3n) is 2.74. The molecule has 0 saturated heterocycles. The molecule has 0 fully saturated rings. The molecular formula is C14H15BrO3. The average molecular weight is 311 g/mol. The van der Waals surface area contributed by atoms with Crippen molar-refractivity contribution in [2.24, 2.45) is 0 Å². The van der Waals surface area contributed by atoms with Crippen molar-refractivity contribution in [3.05, 3.63) is 46.4 Å². The van der Waals surface area contributed by atoms with E-state index in [1.165, 1.54) is 0 Å². The molecule has 0 saturated carbocycles. The quantitative estimate of drug-likeness (QED) is 0.892. The van der Waals surface area contributed by atoms with E-state index in [0.717, 1.165) is 20.8 Å². The Bertz CT molecular complexity index is 527.